The first-order chi connectivity index (χ1) is 47.6. The van der Waals surface area contributed by atoms with E-state index in [1.807, 2.05) is 26.2 Å². The number of carbonyl (C=O) groups excluding carboxylic acids is 2. The SMILES string of the molecule is CC(=O)CC(C)=O.Cc1cnc2c3[c-]cc(-n4c5ccccc5c5ccccc54)cc3c3cc(-n4c5ccccc5c5ccccc54)ccc3c2n1.Cc1cnc2c3[c-]cc(-n4c5ccccc5c5ccccc54)cc3c3cc(-n4c5ccccc5c5ccccc54)ccc3c2n1.[Ir+3]. The molecule has 0 radical (unpaired) electrons. The van der Waals surface area contributed by atoms with E-state index in [2.05, 4.69) is 285 Å². The number of nitrogens with zero attached hydrogens (tertiary/aromatic N) is 8. The van der Waals surface area contributed by atoms with Gasteiger partial charge in [0.25, 0.3) is 0 Å². The van der Waals surface area contributed by atoms with E-state index >= 15 is 0 Å². The van der Waals surface area contributed by atoms with Crippen LogP contribution in [0.4, 0.5) is 0 Å². The molecular weight excluding hydrogens is 1380 g/mol. The zero-order valence-electron chi connectivity index (χ0n) is 53.8. The summed E-state index contributed by atoms with van der Waals surface area (Å²) in [6.07, 6.45) is 3.80. The third-order valence-corrected chi connectivity index (χ3v) is 19.1. The summed E-state index contributed by atoms with van der Waals surface area (Å²) < 4.78 is 9.47. The van der Waals surface area contributed by atoms with Crippen LogP contribution in [0.2, 0.25) is 0 Å². The molecule has 11 heteroatoms. The Bertz CT molecular complexity index is 6120. The Balaban J connectivity index is 0.000000133. The fraction of sp³-hybridized carbons (Fsp3) is 0.0575. The van der Waals surface area contributed by atoms with Crippen LogP contribution in [-0.2, 0) is 29.7 Å². The van der Waals surface area contributed by atoms with Crippen LogP contribution in [0.5, 0.6) is 0 Å². The smallest absolute Gasteiger partial charge is 0.351 e. The van der Waals surface area contributed by atoms with Gasteiger partial charge >= 0.3 is 20.1 Å². The molecule has 0 aliphatic heterocycles. The van der Waals surface area contributed by atoms with E-state index in [1.165, 1.54) is 101 Å². The van der Waals surface area contributed by atoms with Gasteiger partial charge in [-0.05, 0) is 133 Å². The monoisotopic (exact) mass is 1440 g/mol. The number of carbonyl (C=O) groups is 2. The van der Waals surface area contributed by atoms with E-state index in [1.54, 1.807) is 0 Å². The van der Waals surface area contributed by atoms with E-state index < -0.39 is 0 Å². The van der Waals surface area contributed by atoms with Crippen molar-refractivity contribution in [3.8, 4) is 22.7 Å². The molecule has 10 nitrogen and oxygen atoms in total. The standard InChI is InChI=1S/2C41H25N4.C5H8O2.Ir/c2*1-25-24-42-40-32-20-18-26(44-36-14-6-2-10-28(36)29-11-3-7-15-37(29)44)22-34(32)35-23-27(19-21-33(35)41(40)43-25)45-38-16-8-4-12-30(38)31-13-5-9-17-39(31)45;1-4(6)3-5(2)7;/h2*2-19,21-24H,1H3;3H2,1-2H3;/q2*-1;;+3. The van der Waals surface area contributed by atoms with Gasteiger partial charge < -0.3 is 28.2 Å². The molecule has 0 aliphatic rings. The minimum absolute atomic E-state index is 0. The Labute approximate surface area is 575 Å². The molecule has 6 heterocycles. The van der Waals surface area contributed by atoms with Crippen LogP contribution in [0.25, 0.3) is 175 Å². The van der Waals surface area contributed by atoms with Crippen molar-refractivity contribution in [2.24, 2.45) is 0 Å². The predicted octanol–water partition coefficient (Wildman–Crippen LogP) is 21.0. The van der Waals surface area contributed by atoms with Crippen LogP contribution in [0.1, 0.15) is 31.7 Å². The Morgan fingerprint density at radius 2 is 0.561 bits per heavy atom. The summed E-state index contributed by atoms with van der Waals surface area (Å²) in [7, 11) is 0. The van der Waals surface area contributed by atoms with Crippen molar-refractivity contribution in [2.45, 2.75) is 34.1 Å². The number of aryl methyl sites for hydroxylation is 2. The van der Waals surface area contributed by atoms with Gasteiger partial charge in [-0.25, -0.2) is 0 Å². The zero-order chi connectivity index (χ0) is 65.2. The molecule has 6 aromatic heterocycles. The number of Topliss-reactive ketones (excluding diaryl/α,β-unsaturated/α-hetero) is 2. The summed E-state index contributed by atoms with van der Waals surface area (Å²) in [4.78, 5) is 39.9. The average Bonchev–Trinajstić information content (AvgIpc) is 1.05. The van der Waals surface area contributed by atoms with E-state index in [9.17, 15) is 9.59 Å². The molecule has 98 heavy (non-hydrogen) atoms. The van der Waals surface area contributed by atoms with Crippen molar-refractivity contribution >= 4 is 164 Å². The van der Waals surface area contributed by atoms with Crippen LogP contribution in [0, 0.1) is 26.0 Å². The maximum atomic E-state index is 10.0. The van der Waals surface area contributed by atoms with Gasteiger partial charge in [0.05, 0.1) is 50.9 Å². The summed E-state index contributed by atoms with van der Waals surface area (Å²) in [5, 5.41) is 18.6. The number of fused-ring (bicyclic) bond motifs is 24. The first-order valence-electron chi connectivity index (χ1n) is 32.6. The Morgan fingerprint density at radius 1 is 0.306 bits per heavy atom. The quantitative estimate of drug-likeness (QED) is 0.0933. The van der Waals surface area contributed by atoms with Gasteiger partial charge in [-0.1, -0.05) is 168 Å². The van der Waals surface area contributed by atoms with Crippen molar-refractivity contribution in [1.82, 2.24) is 38.2 Å². The van der Waals surface area contributed by atoms with E-state index in [0.717, 1.165) is 99.3 Å². The summed E-state index contributed by atoms with van der Waals surface area (Å²) in [5.41, 5.74) is 19.2. The topological polar surface area (TPSA) is 105 Å². The van der Waals surface area contributed by atoms with Crippen LogP contribution in [0.15, 0.2) is 267 Å². The predicted molar refractivity (Wildman–Crippen MR) is 400 cm³/mol. The van der Waals surface area contributed by atoms with Crippen LogP contribution >= 0.6 is 0 Å². The molecule has 0 spiro atoms. The second kappa shape index (κ2) is 23.7. The van der Waals surface area contributed by atoms with Gasteiger partial charge in [0.15, 0.2) is 0 Å². The Kier molecular flexibility index (Phi) is 14.5. The molecule has 0 saturated heterocycles. The molecule has 0 fully saturated rings. The molecule has 0 N–H and O–H groups in total. The second-order valence-corrected chi connectivity index (χ2v) is 25.2. The number of hydrogen-bond acceptors (Lipinski definition) is 6. The fourth-order valence-electron chi connectivity index (χ4n) is 15.1. The molecule has 0 saturated carbocycles. The summed E-state index contributed by atoms with van der Waals surface area (Å²) >= 11 is 0. The van der Waals surface area contributed by atoms with Crippen molar-refractivity contribution in [3.05, 3.63) is 291 Å². The number of ketones is 2. The number of benzene rings is 14. The third-order valence-electron chi connectivity index (χ3n) is 19.1. The Hall–Kier alpha value is -12.0. The number of para-hydroxylation sites is 8. The van der Waals surface area contributed by atoms with Crippen molar-refractivity contribution in [2.75, 3.05) is 0 Å². The molecule has 0 atom stereocenters. The van der Waals surface area contributed by atoms with Crippen molar-refractivity contribution in [1.29, 1.82) is 0 Å². The molecule has 14 aromatic carbocycles. The molecule has 20 aromatic rings. The van der Waals surface area contributed by atoms with E-state index in [-0.39, 0.29) is 38.1 Å². The molecule has 0 amide bonds. The zero-order valence-corrected chi connectivity index (χ0v) is 56.2. The van der Waals surface area contributed by atoms with E-state index in [4.69, 9.17) is 19.9 Å². The summed E-state index contributed by atoms with van der Waals surface area (Å²) in [6.45, 7) is 6.82. The largest absolute Gasteiger partial charge is 3.00 e. The first kappa shape index (κ1) is 59.7. The van der Waals surface area contributed by atoms with Gasteiger partial charge in [-0.15, -0.1) is 47.2 Å². The molecule has 466 valence electrons. The molecule has 0 bridgehead atoms. The maximum absolute atomic E-state index is 10.0. The third kappa shape index (κ3) is 9.56. The van der Waals surface area contributed by atoms with Crippen LogP contribution < -0.4 is 0 Å². The van der Waals surface area contributed by atoms with Gasteiger partial charge in [-0.2, -0.15) is 0 Å². The first-order valence-corrected chi connectivity index (χ1v) is 32.6. The minimum atomic E-state index is -0.0625. The van der Waals surface area contributed by atoms with Gasteiger partial charge in [-0.3, -0.25) is 19.6 Å². The normalized spacial score (nSPS) is 11.7. The van der Waals surface area contributed by atoms with Gasteiger partial charge in [0.1, 0.15) is 11.6 Å². The van der Waals surface area contributed by atoms with Gasteiger partial charge in [0, 0.05) is 100.0 Å². The Morgan fingerprint density at radius 3 is 0.827 bits per heavy atom. The summed E-state index contributed by atoms with van der Waals surface area (Å²) in [6, 6.07) is 98.9. The maximum Gasteiger partial charge on any atom is 3.00 e. The molecular formula is C87H58IrN8O2+. The van der Waals surface area contributed by atoms with Crippen molar-refractivity contribution < 1.29 is 29.7 Å². The molecule has 0 unspecified atom stereocenters. The fourth-order valence-corrected chi connectivity index (χ4v) is 15.1. The number of aromatic nitrogens is 8. The average molecular weight is 1440 g/mol. The minimum Gasteiger partial charge on any atom is -0.351 e. The molecule has 0 aliphatic carbocycles. The number of hydrogen-bond donors (Lipinski definition) is 0. The van der Waals surface area contributed by atoms with E-state index in [0.29, 0.717) is 0 Å². The van der Waals surface area contributed by atoms with Crippen molar-refractivity contribution in [3.63, 3.8) is 0 Å². The number of rotatable bonds is 6. The molecule has 20 rings (SSSR count). The van der Waals surface area contributed by atoms with Crippen LogP contribution in [0.3, 0.4) is 0 Å². The van der Waals surface area contributed by atoms with Gasteiger partial charge in [0.2, 0.25) is 0 Å². The second-order valence-electron chi connectivity index (χ2n) is 25.2. The summed E-state index contributed by atoms with van der Waals surface area (Å²) in [5.74, 6) is -0.125. The van der Waals surface area contributed by atoms with Crippen LogP contribution in [-0.4, -0.2) is 49.8 Å².